The summed E-state index contributed by atoms with van der Waals surface area (Å²) in [5.41, 5.74) is 7.00. The van der Waals surface area contributed by atoms with Crippen molar-refractivity contribution in [2.75, 3.05) is 40.5 Å². The fourth-order valence-electron chi connectivity index (χ4n) is 8.54. The number of ether oxygens (including phenoxy) is 3. The van der Waals surface area contributed by atoms with Crippen LogP contribution in [0, 0.1) is 5.41 Å². The van der Waals surface area contributed by atoms with E-state index in [9.17, 15) is 18.0 Å². The van der Waals surface area contributed by atoms with Gasteiger partial charge in [0.2, 0.25) is 10.0 Å². The summed E-state index contributed by atoms with van der Waals surface area (Å²) in [5.74, 6) is 0.0256. The molecule has 3 aromatic rings. The Morgan fingerprint density at radius 3 is 2.45 bits per heavy atom. The minimum absolute atomic E-state index is 0.0689. The van der Waals surface area contributed by atoms with Crippen LogP contribution in [0.15, 0.2) is 53.1 Å². The van der Waals surface area contributed by atoms with Crippen LogP contribution < -0.4 is 14.8 Å². The van der Waals surface area contributed by atoms with Crippen molar-refractivity contribution in [2.24, 2.45) is 0 Å². The average Bonchev–Trinajstić information content (AvgIpc) is 3.39. The summed E-state index contributed by atoms with van der Waals surface area (Å²) < 4.78 is 47.1. The molecule has 2 aromatic carbocycles. The molecule has 2 atom stereocenters. The van der Waals surface area contributed by atoms with Crippen molar-refractivity contribution >= 4 is 45.0 Å². The van der Waals surface area contributed by atoms with Crippen LogP contribution in [-0.2, 0) is 30.8 Å². The van der Waals surface area contributed by atoms with E-state index in [1.807, 2.05) is 25.1 Å². The third-order valence-electron chi connectivity index (χ3n) is 11.2. The second-order valence-electron chi connectivity index (χ2n) is 15.8. The second-order valence-corrected chi connectivity index (χ2v) is 18.0. The van der Waals surface area contributed by atoms with E-state index in [1.165, 1.54) is 32.0 Å². The molecule has 13 heteroatoms. The number of amides is 2. The van der Waals surface area contributed by atoms with Crippen molar-refractivity contribution in [1.29, 1.82) is 5.41 Å². The average molecular weight is 788 g/mol. The van der Waals surface area contributed by atoms with Crippen LogP contribution in [0.3, 0.4) is 0 Å². The van der Waals surface area contributed by atoms with Gasteiger partial charge in [-0.1, -0.05) is 39.2 Å². The van der Waals surface area contributed by atoms with Gasteiger partial charge in [-0.3, -0.25) is 9.59 Å². The maximum absolute atomic E-state index is 14.6. The molecule has 3 aliphatic rings. The number of methoxy groups -OCH3 is 2. The first-order chi connectivity index (χ1) is 26.8. The van der Waals surface area contributed by atoms with Crippen molar-refractivity contribution in [2.45, 2.75) is 103 Å². The zero-order valence-corrected chi connectivity index (χ0v) is 34.6. The van der Waals surface area contributed by atoms with Crippen molar-refractivity contribution in [3.8, 4) is 17.0 Å². The highest BCUT2D eigenvalue weighted by atomic mass is 32.2. The molecule has 1 saturated carbocycles. The second kappa shape index (κ2) is 17.5. The maximum atomic E-state index is 14.6. The lowest BCUT2D eigenvalue weighted by Gasteiger charge is -2.34. The van der Waals surface area contributed by atoms with Gasteiger partial charge in [0, 0.05) is 67.1 Å². The molecule has 1 unspecified atom stereocenters. The van der Waals surface area contributed by atoms with E-state index < -0.39 is 21.2 Å². The molecule has 0 spiro atoms. The van der Waals surface area contributed by atoms with Gasteiger partial charge in [0.05, 0.1) is 42.9 Å². The van der Waals surface area contributed by atoms with Crippen LogP contribution >= 0.6 is 0 Å². The molecule has 1 aliphatic carbocycles. The fraction of sp³-hybridized carbons (Fsp3) is 0.512. The Morgan fingerprint density at radius 1 is 1.04 bits per heavy atom. The first-order valence-corrected chi connectivity index (χ1v) is 21.3. The fourth-order valence-corrected chi connectivity index (χ4v) is 9.15. The van der Waals surface area contributed by atoms with Crippen LogP contribution in [0.5, 0.6) is 5.75 Å². The number of nitrogens with zero attached hydrogens (tertiary/aromatic N) is 2. The summed E-state index contributed by atoms with van der Waals surface area (Å²) in [5, 5.41) is 12.6. The van der Waals surface area contributed by atoms with Gasteiger partial charge in [0.15, 0.2) is 0 Å². The van der Waals surface area contributed by atoms with Crippen LogP contribution in [0.2, 0.25) is 0 Å². The molecule has 12 nitrogen and oxygen atoms in total. The van der Waals surface area contributed by atoms with Gasteiger partial charge in [-0.05, 0) is 98.2 Å². The van der Waals surface area contributed by atoms with Crippen LogP contribution in [0.1, 0.15) is 94.1 Å². The highest BCUT2D eigenvalue weighted by Gasteiger charge is 2.34. The Bertz CT molecular complexity index is 2140. The highest BCUT2D eigenvalue weighted by molar-refractivity contribution is 7.90. The lowest BCUT2D eigenvalue weighted by Crippen LogP contribution is -2.48. The lowest BCUT2D eigenvalue weighted by molar-refractivity contribution is -0.136. The quantitative estimate of drug-likeness (QED) is 0.132. The number of carbonyl (C=O) groups excluding carboxylic acids is 2. The zero-order valence-electron chi connectivity index (χ0n) is 33.7. The number of morpholine rings is 1. The summed E-state index contributed by atoms with van der Waals surface area (Å²) in [4.78, 5) is 29.9. The monoisotopic (exact) mass is 787 g/mol. The minimum Gasteiger partial charge on any atom is -0.497 e. The van der Waals surface area contributed by atoms with Gasteiger partial charge in [0.25, 0.3) is 11.8 Å². The van der Waals surface area contributed by atoms with E-state index in [4.69, 9.17) is 19.6 Å². The standard InChI is InChI=1S/C43H57N5O7S/c1-26(2)45-28(5)39(37(22-44)43(50)47-17-18-55-34(24-47)25-53-6)32-19-31-20-33(54-7)14-16-35(31)41-40(29-11-9-8-10-12-29)36-15-13-30(21-38(36)48(41)23-32)42(49)46-56(51,52)27(3)4/h13-16,19-22,26-29,34,44-45H,8-12,17-18,23-25H2,1-7H3,(H,46,49)/b39-37-,44-22?/t28-,34?/m1/s1. The van der Waals surface area contributed by atoms with E-state index in [1.54, 1.807) is 31.3 Å². The first-order valence-electron chi connectivity index (χ1n) is 19.8. The van der Waals surface area contributed by atoms with Crippen LogP contribution in [0.25, 0.3) is 28.2 Å². The van der Waals surface area contributed by atoms with Gasteiger partial charge < -0.3 is 34.4 Å². The van der Waals surface area contributed by atoms with E-state index in [0.29, 0.717) is 44.2 Å². The SMILES string of the molecule is COCC1CN(C(=O)/C(C=N)=C(\C2=Cc3cc(OC)ccc3-c3c(C4CCCCC4)c4ccc(C(=O)NS(=O)(=O)C(C)C)cc4n3C2)[C@@H](C)NC(C)C)CCO1. The predicted octanol–water partition coefficient (Wildman–Crippen LogP) is 6.44. The number of hydrogen-bond donors (Lipinski definition) is 3. The highest BCUT2D eigenvalue weighted by Crippen LogP contribution is 2.48. The van der Waals surface area contributed by atoms with Crippen molar-refractivity contribution < 1.29 is 32.2 Å². The Kier molecular flexibility index (Phi) is 12.9. The Labute approximate surface area is 331 Å². The molecular weight excluding hydrogens is 731 g/mol. The van der Waals surface area contributed by atoms with Crippen molar-refractivity contribution in [3.05, 3.63) is 69.8 Å². The normalized spacial score (nSPS) is 18.8. The van der Waals surface area contributed by atoms with Crippen LogP contribution in [0.4, 0.5) is 0 Å². The molecule has 0 bridgehead atoms. The number of aromatic nitrogens is 1. The summed E-state index contributed by atoms with van der Waals surface area (Å²) in [6.07, 6.45) is 8.50. The molecule has 1 aromatic heterocycles. The van der Waals surface area contributed by atoms with E-state index in [-0.39, 0.29) is 41.1 Å². The van der Waals surface area contributed by atoms with Gasteiger partial charge >= 0.3 is 0 Å². The molecule has 2 aliphatic heterocycles. The largest absolute Gasteiger partial charge is 0.497 e. The maximum Gasteiger partial charge on any atom is 0.264 e. The molecule has 302 valence electrons. The number of rotatable bonds is 13. The summed E-state index contributed by atoms with van der Waals surface area (Å²) in [6.45, 7) is 11.0. The minimum atomic E-state index is -3.87. The predicted molar refractivity (Wildman–Crippen MR) is 221 cm³/mol. The summed E-state index contributed by atoms with van der Waals surface area (Å²) in [6, 6.07) is 11.3. The number of benzene rings is 2. The molecule has 2 amide bonds. The van der Waals surface area contributed by atoms with Crippen molar-refractivity contribution in [3.63, 3.8) is 0 Å². The molecule has 3 N–H and O–H groups in total. The third kappa shape index (κ3) is 8.51. The number of carbonyl (C=O) groups is 2. The Balaban J connectivity index is 1.61. The molecule has 0 radical (unpaired) electrons. The van der Waals surface area contributed by atoms with Gasteiger partial charge in [-0.2, -0.15) is 0 Å². The molecule has 56 heavy (non-hydrogen) atoms. The molecule has 2 fully saturated rings. The van der Waals surface area contributed by atoms with E-state index in [0.717, 1.165) is 59.0 Å². The van der Waals surface area contributed by atoms with Crippen LogP contribution in [-0.4, -0.2) is 99.9 Å². The Hall–Kier alpha value is -4.30. The van der Waals surface area contributed by atoms with E-state index >= 15 is 0 Å². The number of fused-ring (bicyclic) bond motifs is 5. The smallest absolute Gasteiger partial charge is 0.264 e. The molecule has 1 saturated heterocycles. The Morgan fingerprint density at radius 2 is 1.79 bits per heavy atom. The number of nitrogens with one attached hydrogen (secondary N) is 3. The third-order valence-corrected chi connectivity index (χ3v) is 12.9. The number of hydrogen-bond acceptors (Lipinski definition) is 9. The zero-order chi connectivity index (χ0) is 40.3. The molecule has 3 heterocycles. The van der Waals surface area contributed by atoms with E-state index in [2.05, 4.69) is 40.6 Å². The van der Waals surface area contributed by atoms with Gasteiger partial charge in [-0.15, -0.1) is 0 Å². The van der Waals surface area contributed by atoms with Gasteiger partial charge in [-0.25, -0.2) is 13.1 Å². The number of sulfonamides is 1. The summed E-state index contributed by atoms with van der Waals surface area (Å²) >= 11 is 0. The lowest BCUT2D eigenvalue weighted by atomic mass is 9.81. The topological polar surface area (TPSA) is 152 Å². The van der Waals surface area contributed by atoms with Gasteiger partial charge in [0.1, 0.15) is 5.75 Å². The van der Waals surface area contributed by atoms with Crippen molar-refractivity contribution in [1.82, 2.24) is 19.5 Å². The molecule has 6 rings (SSSR count). The summed E-state index contributed by atoms with van der Waals surface area (Å²) in [7, 11) is -0.617. The first kappa shape index (κ1) is 41.3. The molecular formula is C43H57N5O7S.